The number of hydrogen-bond donors (Lipinski definition) is 3. The average molecular weight is 447 g/mol. The van der Waals surface area contributed by atoms with Crippen LogP contribution in [0.1, 0.15) is 5.56 Å². The lowest BCUT2D eigenvalue weighted by molar-refractivity contribution is -0.137. The van der Waals surface area contributed by atoms with E-state index in [1.54, 1.807) is 43.6 Å². The number of amides is 2. The molecule has 1 aliphatic rings. The maximum absolute atomic E-state index is 13.8. The summed E-state index contributed by atoms with van der Waals surface area (Å²) in [5.41, 5.74) is 0.0284. The summed E-state index contributed by atoms with van der Waals surface area (Å²) in [5.74, 6) is -0.187. The topological polar surface area (TPSA) is 81.9 Å². The van der Waals surface area contributed by atoms with Gasteiger partial charge in [-0.3, -0.25) is 0 Å². The minimum absolute atomic E-state index is 0.318. The van der Waals surface area contributed by atoms with Gasteiger partial charge in [-0.25, -0.2) is 14.2 Å². The van der Waals surface area contributed by atoms with Crippen LogP contribution in [0.4, 0.5) is 39.4 Å². The number of carbonyl (C=O) groups is 1. The number of anilines is 3. The maximum Gasteiger partial charge on any atom is 0.416 e. The molecule has 2 heterocycles. The van der Waals surface area contributed by atoms with Crippen molar-refractivity contribution in [3.05, 3.63) is 76.9 Å². The van der Waals surface area contributed by atoms with Gasteiger partial charge in [0.2, 0.25) is 5.55 Å². The van der Waals surface area contributed by atoms with E-state index in [9.17, 15) is 22.4 Å². The van der Waals surface area contributed by atoms with Crippen molar-refractivity contribution >= 4 is 28.9 Å². The van der Waals surface area contributed by atoms with Gasteiger partial charge in [0, 0.05) is 18.4 Å². The lowest BCUT2D eigenvalue weighted by Gasteiger charge is -2.27. The molecule has 2 amide bonds. The second-order valence-electron chi connectivity index (χ2n) is 6.78. The highest BCUT2D eigenvalue weighted by molar-refractivity contribution is 6.00. The lowest BCUT2D eigenvalue weighted by atomic mass is 10.2. The minimum atomic E-state index is -4.66. The van der Waals surface area contributed by atoms with Gasteiger partial charge in [-0.05, 0) is 48.5 Å². The Balaban J connectivity index is 1.47. The van der Waals surface area contributed by atoms with E-state index in [4.69, 9.17) is 4.42 Å². The zero-order valence-corrected chi connectivity index (χ0v) is 16.6. The van der Waals surface area contributed by atoms with Gasteiger partial charge in [0.05, 0.1) is 22.7 Å². The molecule has 0 saturated carbocycles. The second kappa shape index (κ2) is 8.25. The number of furan rings is 1. The Morgan fingerprint density at radius 1 is 1.09 bits per heavy atom. The van der Waals surface area contributed by atoms with Crippen LogP contribution >= 0.6 is 0 Å². The van der Waals surface area contributed by atoms with Crippen molar-refractivity contribution in [2.45, 2.75) is 6.18 Å². The first kappa shape index (κ1) is 21.2. The third-order valence-electron chi connectivity index (χ3n) is 4.74. The molecule has 0 spiro atoms. The monoisotopic (exact) mass is 447 g/mol. The van der Waals surface area contributed by atoms with Gasteiger partial charge in [-0.2, -0.15) is 13.2 Å². The van der Waals surface area contributed by atoms with Crippen molar-refractivity contribution < 1.29 is 26.8 Å². The third-order valence-corrected chi connectivity index (χ3v) is 4.74. The van der Waals surface area contributed by atoms with Gasteiger partial charge in [0.15, 0.2) is 0 Å². The average Bonchev–Trinajstić information content (AvgIpc) is 3.23. The van der Waals surface area contributed by atoms with E-state index >= 15 is 0 Å². The van der Waals surface area contributed by atoms with E-state index in [-0.39, 0.29) is 0 Å². The molecule has 4 rings (SSSR count). The van der Waals surface area contributed by atoms with Gasteiger partial charge in [0.1, 0.15) is 18.3 Å². The smallest absolute Gasteiger partial charge is 0.416 e. The van der Waals surface area contributed by atoms with Crippen LogP contribution in [0.3, 0.4) is 0 Å². The summed E-state index contributed by atoms with van der Waals surface area (Å²) in [4.78, 5) is 18.4. The Kier molecular flexibility index (Phi) is 5.47. The number of hydrogen-bond acceptors (Lipinski definition) is 5. The molecule has 32 heavy (non-hydrogen) atoms. The highest BCUT2D eigenvalue weighted by atomic mass is 19.4. The number of fused-ring (bicyclic) bond motifs is 1. The number of nitrogens with zero attached hydrogens (tertiary/aromatic N) is 2. The standard InChI is InChI=1S/C21H17F4N5O2/c1-26-18-15-8-9-32-19(15)27-11-30(18)14-5-3-13(4-6-14)28-20(31)29-17-10-12(21(23,24)25)2-7-16(17)22/h2-10,26H,11H2,1H3,(H2,28,29,31). The van der Waals surface area contributed by atoms with Crippen LogP contribution in [0.5, 0.6) is 0 Å². The van der Waals surface area contributed by atoms with Crippen LogP contribution in [-0.4, -0.2) is 19.7 Å². The van der Waals surface area contributed by atoms with Gasteiger partial charge in [-0.15, -0.1) is 0 Å². The van der Waals surface area contributed by atoms with Gasteiger partial charge >= 0.3 is 12.2 Å². The zero-order chi connectivity index (χ0) is 22.9. The summed E-state index contributed by atoms with van der Waals surface area (Å²) in [5, 5.41) is 8.49. The first-order chi connectivity index (χ1) is 15.3. The summed E-state index contributed by atoms with van der Waals surface area (Å²) in [6.07, 6.45) is -3.11. The molecule has 0 radical (unpaired) electrons. The van der Waals surface area contributed by atoms with E-state index in [1.165, 1.54) is 0 Å². The van der Waals surface area contributed by atoms with Crippen LogP contribution < -0.4 is 31.6 Å². The summed E-state index contributed by atoms with van der Waals surface area (Å²) < 4.78 is 57.6. The number of urea groups is 1. The molecule has 0 saturated heterocycles. The van der Waals surface area contributed by atoms with Crippen molar-refractivity contribution in [3.63, 3.8) is 0 Å². The van der Waals surface area contributed by atoms with Crippen LogP contribution in [-0.2, 0) is 6.18 Å². The van der Waals surface area contributed by atoms with Crippen LogP contribution in [0, 0.1) is 5.82 Å². The normalized spacial score (nSPS) is 13.3. The number of alkyl halides is 3. The molecule has 0 bridgehead atoms. The molecule has 7 nitrogen and oxygen atoms in total. The van der Waals surface area contributed by atoms with Crippen LogP contribution in [0.15, 0.2) is 64.2 Å². The molecule has 3 aromatic rings. The molecular weight excluding hydrogens is 430 g/mol. The molecule has 0 aliphatic carbocycles. The Labute approximate surface area is 179 Å². The van der Waals surface area contributed by atoms with E-state index in [2.05, 4.69) is 20.9 Å². The number of halogens is 4. The van der Waals surface area contributed by atoms with E-state index < -0.39 is 29.3 Å². The molecule has 2 aromatic carbocycles. The fourth-order valence-corrected chi connectivity index (χ4v) is 3.24. The van der Waals surface area contributed by atoms with Gasteiger partial charge in [0.25, 0.3) is 0 Å². The lowest BCUT2D eigenvalue weighted by Crippen LogP contribution is -2.43. The molecule has 11 heteroatoms. The zero-order valence-electron chi connectivity index (χ0n) is 16.6. The Morgan fingerprint density at radius 3 is 2.53 bits per heavy atom. The van der Waals surface area contributed by atoms with Crippen LogP contribution in [0.2, 0.25) is 0 Å². The van der Waals surface area contributed by atoms with Crippen molar-refractivity contribution in [1.29, 1.82) is 0 Å². The molecule has 0 fully saturated rings. The molecular formula is C21H17F4N5O2. The highest BCUT2D eigenvalue weighted by Gasteiger charge is 2.31. The van der Waals surface area contributed by atoms with E-state index in [0.717, 1.165) is 16.7 Å². The second-order valence-corrected chi connectivity index (χ2v) is 6.78. The minimum Gasteiger partial charge on any atom is -0.446 e. The summed E-state index contributed by atoms with van der Waals surface area (Å²) in [6.45, 7) is 0.318. The maximum atomic E-state index is 13.8. The molecule has 0 unspecified atom stereocenters. The summed E-state index contributed by atoms with van der Waals surface area (Å²) >= 11 is 0. The molecule has 1 aliphatic heterocycles. The first-order valence-corrected chi connectivity index (χ1v) is 9.38. The van der Waals surface area contributed by atoms with Gasteiger partial charge < -0.3 is 25.3 Å². The predicted octanol–water partition coefficient (Wildman–Crippen LogP) is 3.46. The Hall–Kier alpha value is -4.02. The van der Waals surface area contributed by atoms with Crippen LogP contribution in [0.25, 0.3) is 5.82 Å². The highest BCUT2D eigenvalue weighted by Crippen LogP contribution is 2.32. The molecule has 0 atom stereocenters. The number of rotatable bonds is 4. The quantitative estimate of drug-likeness (QED) is 0.535. The van der Waals surface area contributed by atoms with E-state index in [0.29, 0.717) is 36.1 Å². The van der Waals surface area contributed by atoms with Crippen molar-refractivity contribution in [2.24, 2.45) is 4.99 Å². The fourth-order valence-electron chi connectivity index (χ4n) is 3.24. The first-order valence-electron chi connectivity index (χ1n) is 9.38. The summed E-state index contributed by atoms with van der Waals surface area (Å²) in [7, 11) is 1.78. The van der Waals surface area contributed by atoms with Crippen molar-refractivity contribution in [1.82, 2.24) is 5.32 Å². The fraction of sp³-hybridized carbons (Fsp3) is 0.143. The molecule has 166 valence electrons. The molecule has 1 aromatic heterocycles. The Bertz CT molecular complexity index is 1270. The van der Waals surface area contributed by atoms with Crippen molar-refractivity contribution in [3.8, 4) is 0 Å². The number of carbonyl (C=O) groups excluding carboxylic acids is 1. The summed E-state index contributed by atoms with van der Waals surface area (Å²) in [6, 6.07) is 9.39. The number of benzene rings is 2. The van der Waals surface area contributed by atoms with Gasteiger partial charge in [-0.1, -0.05) is 0 Å². The predicted molar refractivity (Wildman–Crippen MR) is 110 cm³/mol. The third kappa shape index (κ3) is 4.22. The van der Waals surface area contributed by atoms with Crippen molar-refractivity contribution in [2.75, 3.05) is 29.2 Å². The SMILES string of the molecule is CNC1=c2ccoc2=NCN1c1ccc(NC(=O)Nc2cc(C(F)(F)F)ccc2F)cc1. The number of nitrogens with one attached hydrogen (secondary N) is 3. The largest absolute Gasteiger partial charge is 0.446 e. The Morgan fingerprint density at radius 2 is 1.84 bits per heavy atom. The molecule has 3 N–H and O–H groups in total. The van der Waals surface area contributed by atoms with E-state index in [1.807, 2.05) is 4.90 Å².